The number of hydrogen-bond acceptors (Lipinski definition) is 3. The number of anilines is 1. The third-order valence-corrected chi connectivity index (χ3v) is 3.52. The molecule has 112 valence electrons. The second-order valence-corrected chi connectivity index (χ2v) is 5.43. The Bertz CT molecular complexity index is 568. The third-order valence-electron chi connectivity index (χ3n) is 3.52. The van der Waals surface area contributed by atoms with Crippen molar-refractivity contribution < 1.29 is 9.59 Å². The number of rotatable bonds is 4. The molecule has 3 unspecified atom stereocenters. The first-order chi connectivity index (χ1) is 9.95. The van der Waals surface area contributed by atoms with Crippen molar-refractivity contribution in [3.05, 3.63) is 42.0 Å². The SMILES string of the molecule is CC(=O)Nc1cccc(C(C)NC(=O)C2C=CC(N)C2)c1. The molecule has 1 aliphatic carbocycles. The maximum atomic E-state index is 12.1. The zero-order valence-electron chi connectivity index (χ0n) is 12.3. The third kappa shape index (κ3) is 4.16. The fraction of sp³-hybridized carbons (Fsp3) is 0.375. The minimum absolute atomic E-state index is 0.0170. The van der Waals surface area contributed by atoms with Crippen LogP contribution in [0.15, 0.2) is 36.4 Å². The minimum atomic E-state index is -0.152. The normalized spacial score (nSPS) is 21.9. The van der Waals surface area contributed by atoms with Crippen LogP contribution in [0.2, 0.25) is 0 Å². The van der Waals surface area contributed by atoms with Gasteiger partial charge in [0.25, 0.3) is 0 Å². The molecular formula is C16H21N3O2. The Kier molecular flexibility index (Phi) is 4.75. The summed E-state index contributed by atoms with van der Waals surface area (Å²) in [6, 6.07) is 7.30. The molecule has 21 heavy (non-hydrogen) atoms. The van der Waals surface area contributed by atoms with E-state index in [9.17, 15) is 9.59 Å². The van der Waals surface area contributed by atoms with E-state index in [0.29, 0.717) is 6.42 Å². The molecule has 4 N–H and O–H groups in total. The number of nitrogens with two attached hydrogens (primary N) is 1. The first-order valence-corrected chi connectivity index (χ1v) is 7.07. The largest absolute Gasteiger partial charge is 0.349 e. The average Bonchev–Trinajstić information content (AvgIpc) is 2.85. The predicted molar refractivity (Wildman–Crippen MR) is 82.5 cm³/mol. The van der Waals surface area contributed by atoms with Gasteiger partial charge in [-0.15, -0.1) is 0 Å². The van der Waals surface area contributed by atoms with Gasteiger partial charge in [-0.05, 0) is 31.0 Å². The highest BCUT2D eigenvalue weighted by Gasteiger charge is 2.23. The van der Waals surface area contributed by atoms with Crippen LogP contribution in [0.4, 0.5) is 5.69 Å². The molecule has 2 rings (SSSR count). The Labute approximate surface area is 124 Å². The van der Waals surface area contributed by atoms with E-state index in [-0.39, 0.29) is 29.8 Å². The van der Waals surface area contributed by atoms with Crippen LogP contribution >= 0.6 is 0 Å². The molecule has 0 fully saturated rings. The zero-order valence-corrected chi connectivity index (χ0v) is 12.3. The van der Waals surface area contributed by atoms with E-state index >= 15 is 0 Å². The molecule has 5 heteroatoms. The molecule has 0 saturated heterocycles. The van der Waals surface area contributed by atoms with E-state index in [1.54, 1.807) is 0 Å². The Hall–Kier alpha value is -2.14. The summed E-state index contributed by atoms with van der Waals surface area (Å²) in [6.45, 7) is 3.39. The van der Waals surface area contributed by atoms with E-state index in [2.05, 4.69) is 10.6 Å². The van der Waals surface area contributed by atoms with Crippen LogP contribution in [-0.4, -0.2) is 17.9 Å². The van der Waals surface area contributed by atoms with Crippen molar-refractivity contribution in [3.8, 4) is 0 Å². The summed E-state index contributed by atoms with van der Waals surface area (Å²) >= 11 is 0. The summed E-state index contributed by atoms with van der Waals surface area (Å²) in [4.78, 5) is 23.2. The fourth-order valence-electron chi connectivity index (χ4n) is 2.41. The van der Waals surface area contributed by atoms with Crippen LogP contribution in [0.1, 0.15) is 31.9 Å². The molecular weight excluding hydrogens is 266 g/mol. The lowest BCUT2D eigenvalue weighted by molar-refractivity contribution is -0.124. The highest BCUT2D eigenvalue weighted by molar-refractivity contribution is 5.88. The molecule has 2 amide bonds. The second kappa shape index (κ2) is 6.54. The Morgan fingerprint density at radius 1 is 1.33 bits per heavy atom. The summed E-state index contributed by atoms with van der Waals surface area (Å²) < 4.78 is 0. The minimum Gasteiger partial charge on any atom is -0.349 e. The van der Waals surface area contributed by atoms with Gasteiger partial charge in [0, 0.05) is 18.7 Å². The van der Waals surface area contributed by atoms with E-state index < -0.39 is 0 Å². The predicted octanol–water partition coefficient (Wildman–Crippen LogP) is 1.73. The summed E-state index contributed by atoms with van der Waals surface area (Å²) in [5, 5.41) is 5.72. The Morgan fingerprint density at radius 2 is 2.10 bits per heavy atom. The Balaban J connectivity index is 1.99. The van der Waals surface area contributed by atoms with Gasteiger partial charge in [0.15, 0.2) is 0 Å². The molecule has 0 aromatic heterocycles. The van der Waals surface area contributed by atoms with Crippen LogP contribution in [-0.2, 0) is 9.59 Å². The summed E-state index contributed by atoms with van der Waals surface area (Å²) in [5.74, 6) is -0.286. The molecule has 5 nitrogen and oxygen atoms in total. The summed E-state index contributed by atoms with van der Waals surface area (Å²) in [5.41, 5.74) is 7.44. The van der Waals surface area contributed by atoms with Crippen LogP contribution in [0.25, 0.3) is 0 Å². The zero-order chi connectivity index (χ0) is 15.4. The quantitative estimate of drug-likeness (QED) is 0.737. The number of hydrogen-bond donors (Lipinski definition) is 3. The number of benzene rings is 1. The van der Waals surface area contributed by atoms with Crippen molar-refractivity contribution in [2.75, 3.05) is 5.32 Å². The van der Waals surface area contributed by atoms with Crippen LogP contribution in [0, 0.1) is 5.92 Å². The van der Waals surface area contributed by atoms with E-state index in [1.165, 1.54) is 6.92 Å². The van der Waals surface area contributed by atoms with E-state index in [0.717, 1.165) is 11.3 Å². The van der Waals surface area contributed by atoms with Gasteiger partial charge in [0.2, 0.25) is 11.8 Å². The van der Waals surface area contributed by atoms with Gasteiger partial charge in [-0.1, -0.05) is 24.3 Å². The number of amides is 2. The van der Waals surface area contributed by atoms with Gasteiger partial charge in [0.05, 0.1) is 12.0 Å². The molecule has 0 aliphatic heterocycles. The molecule has 1 aromatic carbocycles. The molecule has 0 spiro atoms. The lowest BCUT2D eigenvalue weighted by Crippen LogP contribution is -2.32. The standard InChI is InChI=1S/C16H21N3O2/c1-10(18-16(21)13-6-7-14(17)8-13)12-4-3-5-15(9-12)19-11(2)20/h3-7,9-10,13-14H,8,17H2,1-2H3,(H,18,21)(H,19,20). The molecule has 0 bridgehead atoms. The molecule has 0 radical (unpaired) electrons. The number of nitrogens with one attached hydrogen (secondary N) is 2. The van der Waals surface area contributed by atoms with Crippen molar-refractivity contribution in [1.82, 2.24) is 5.32 Å². The fourth-order valence-corrected chi connectivity index (χ4v) is 2.41. The van der Waals surface area contributed by atoms with E-state index in [4.69, 9.17) is 5.73 Å². The van der Waals surface area contributed by atoms with Gasteiger partial charge >= 0.3 is 0 Å². The summed E-state index contributed by atoms with van der Waals surface area (Å²) in [6.07, 6.45) is 4.39. The highest BCUT2D eigenvalue weighted by Crippen LogP contribution is 2.20. The molecule has 1 aliphatic rings. The lowest BCUT2D eigenvalue weighted by atomic mass is 10.0. The number of carbonyl (C=O) groups is 2. The Morgan fingerprint density at radius 3 is 2.71 bits per heavy atom. The summed E-state index contributed by atoms with van der Waals surface area (Å²) in [7, 11) is 0. The monoisotopic (exact) mass is 287 g/mol. The maximum Gasteiger partial charge on any atom is 0.227 e. The first kappa shape index (κ1) is 15.3. The topological polar surface area (TPSA) is 84.2 Å². The van der Waals surface area contributed by atoms with Gasteiger partial charge in [-0.2, -0.15) is 0 Å². The van der Waals surface area contributed by atoms with Crippen molar-refractivity contribution >= 4 is 17.5 Å². The van der Waals surface area contributed by atoms with Crippen LogP contribution in [0.5, 0.6) is 0 Å². The van der Waals surface area contributed by atoms with Crippen LogP contribution in [0.3, 0.4) is 0 Å². The van der Waals surface area contributed by atoms with Crippen LogP contribution < -0.4 is 16.4 Å². The van der Waals surface area contributed by atoms with Gasteiger partial charge < -0.3 is 16.4 Å². The average molecular weight is 287 g/mol. The molecule has 3 atom stereocenters. The van der Waals surface area contributed by atoms with E-state index in [1.807, 2.05) is 43.3 Å². The van der Waals surface area contributed by atoms with Gasteiger partial charge in [-0.3, -0.25) is 9.59 Å². The van der Waals surface area contributed by atoms with Crippen molar-refractivity contribution in [1.29, 1.82) is 0 Å². The maximum absolute atomic E-state index is 12.1. The van der Waals surface area contributed by atoms with Crippen molar-refractivity contribution in [2.45, 2.75) is 32.4 Å². The molecule has 0 saturated carbocycles. The lowest BCUT2D eigenvalue weighted by Gasteiger charge is -2.18. The second-order valence-electron chi connectivity index (χ2n) is 5.43. The van der Waals surface area contributed by atoms with Crippen molar-refractivity contribution in [3.63, 3.8) is 0 Å². The van der Waals surface area contributed by atoms with Crippen molar-refractivity contribution in [2.24, 2.45) is 11.7 Å². The molecule has 0 heterocycles. The van der Waals surface area contributed by atoms with Gasteiger partial charge in [0.1, 0.15) is 0 Å². The van der Waals surface area contributed by atoms with Gasteiger partial charge in [-0.25, -0.2) is 0 Å². The highest BCUT2D eigenvalue weighted by atomic mass is 16.2. The first-order valence-electron chi connectivity index (χ1n) is 7.07. The smallest absolute Gasteiger partial charge is 0.227 e. The number of carbonyl (C=O) groups excluding carboxylic acids is 2. The molecule has 1 aromatic rings.